The van der Waals surface area contributed by atoms with E-state index in [-0.39, 0.29) is 16.8 Å². The quantitative estimate of drug-likeness (QED) is 0.816. The Balaban J connectivity index is 2.31. The average Bonchev–Trinajstić information content (AvgIpc) is 2.84. The van der Waals surface area contributed by atoms with Crippen molar-refractivity contribution in [2.24, 2.45) is 0 Å². The summed E-state index contributed by atoms with van der Waals surface area (Å²) in [6.45, 7) is 5.70. The molecule has 2 atom stereocenters. The molecule has 1 fully saturated rings. The zero-order valence-corrected chi connectivity index (χ0v) is 12.2. The highest BCUT2D eigenvalue weighted by Gasteiger charge is 2.42. The Morgan fingerprint density at radius 1 is 1.53 bits per heavy atom. The third-order valence-electron chi connectivity index (χ3n) is 3.51. The molecular formula is C12H19N3O3S. The van der Waals surface area contributed by atoms with Gasteiger partial charge in [0.1, 0.15) is 0 Å². The number of aromatic nitrogens is 2. The van der Waals surface area contributed by atoms with Gasteiger partial charge in [0, 0.05) is 11.6 Å². The van der Waals surface area contributed by atoms with Gasteiger partial charge in [0.15, 0.2) is 0 Å². The summed E-state index contributed by atoms with van der Waals surface area (Å²) in [4.78, 5) is 13.3. The molecule has 1 aromatic heterocycles. The first kappa shape index (κ1) is 14.0. The smallest absolute Gasteiger partial charge is 0.408 e. The van der Waals surface area contributed by atoms with Gasteiger partial charge < -0.3 is 9.52 Å². The molecule has 0 radical (unpaired) electrons. The van der Waals surface area contributed by atoms with Crippen LogP contribution in [0.3, 0.4) is 0 Å². The van der Waals surface area contributed by atoms with E-state index in [0.717, 1.165) is 19.3 Å². The van der Waals surface area contributed by atoms with E-state index >= 15 is 0 Å². The molecule has 19 heavy (non-hydrogen) atoms. The largest absolute Gasteiger partial charge is 0.465 e. The third kappa shape index (κ3) is 2.80. The van der Waals surface area contributed by atoms with E-state index in [4.69, 9.17) is 16.6 Å². The third-order valence-corrected chi connectivity index (χ3v) is 3.69. The van der Waals surface area contributed by atoms with Gasteiger partial charge >= 0.3 is 6.09 Å². The van der Waals surface area contributed by atoms with Gasteiger partial charge in [-0.2, -0.15) is 0 Å². The lowest BCUT2D eigenvalue weighted by molar-refractivity contribution is 0.0638. The summed E-state index contributed by atoms with van der Waals surface area (Å²) in [5.41, 5.74) is -0.452. The van der Waals surface area contributed by atoms with Crippen LogP contribution in [0.4, 0.5) is 4.79 Å². The van der Waals surface area contributed by atoms with Crippen LogP contribution in [0.1, 0.15) is 51.8 Å². The maximum Gasteiger partial charge on any atom is 0.408 e. The number of nitrogens with zero attached hydrogens (tertiary/aromatic N) is 2. The maximum atomic E-state index is 11.6. The molecule has 0 saturated heterocycles. The van der Waals surface area contributed by atoms with Crippen molar-refractivity contribution in [3.63, 3.8) is 0 Å². The Hall–Kier alpha value is -1.37. The molecule has 106 valence electrons. The summed E-state index contributed by atoms with van der Waals surface area (Å²) in [6.07, 6.45) is 1.75. The number of rotatable bonds is 2. The fraction of sp³-hybridized carbons (Fsp3) is 0.750. The standard InChI is InChI=1S/C12H19N3O3S/c1-12(2,3)15(11(16)17)8-6-4-5-7(8)9-13-14-10(19)18-9/h7-8H,4-6H2,1-3H3,(H,14,19)(H,16,17)/t7-,8+/m1/s1. The van der Waals surface area contributed by atoms with Gasteiger partial charge in [-0.15, -0.1) is 5.10 Å². The summed E-state index contributed by atoms with van der Waals surface area (Å²) < 4.78 is 5.37. The molecule has 0 spiro atoms. The highest BCUT2D eigenvalue weighted by Crippen LogP contribution is 2.39. The Morgan fingerprint density at radius 2 is 2.21 bits per heavy atom. The van der Waals surface area contributed by atoms with E-state index in [1.165, 1.54) is 4.90 Å². The number of carboxylic acid groups (broad SMARTS) is 1. The molecule has 2 rings (SSSR count). The SMILES string of the molecule is CC(C)(C)N(C(=O)O)[C@H]1CCC[C@H]1c1n[nH]c(=S)o1. The lowest BCUT2D eigenvalue weighted by atomic mass is 9.96. The lowest BCUT2D eigenvalue weighted by Crippen LogP contribution is -2.52. The van der Waals surface area contributed by atoms with Crippen molar-refractivity contribution >= 4 is 18.3 Å². The second kappa shape index (κ2) is 4.96. The van der Waals surface area contributed by atoms with Crippen molar-refractivity contribution in [3.8, 4) is 0 Å². The van der Waals surface area contributed by atoms with Crippen molar-refractivity contribution in [3.05, 3.63) is 10.7 Å². The molecule has 1 aliphatic carbocycles. The van der Waals surface area contributed by atoms with Crippen LogP contribution in [0.2, 0.25) is 0 Å². The molecule has 2 N–H and O–H groups in total. The minimum atomic E-state index is -0.904. The number of aromatic amines is 1. The molecule has 1 heterocycles. The molecule has 0 aromatic carbocycles. The van der Waals surface area contributed by atoms with Crippen LogP contribution in [0.5, 0.6) is 0 Å². The maximum absolute atomic E-state index is 11.6. The first-order valence-corrected chi connectivity index (χ1v) is 6.79. The number of nitrogens with one attached hydrogen (secondary N) is 1. The van der Waals surface area contributed by atoms with Gasteiger partial charge in [0.05, 0.1) is 5.92 Å². The topological polar surface area (TPSA) is 82.4 Å². The number of carbonyl (C=O) groups is 1. The van der Waals surface area contributed by atoms with E-state index in [1.54, 1.807) is 0 Å². The predicted molar refractivity (Wildman–Crippen MR) is 71.7 cm³/mol. The van der Waals surface area contributed by atoms with Gasteiger partial charge in [-0.1, -0.05) is 6.42 Å². The molecular weight excluding hydrogens is 266 g/mol. The monoisotopic (exact) mass is 285 g/mol. The van der Waals surface area contributed by atoms with Crippen LogP contribution >= 0.6 is 12.2 Å². The molecule has 1 aromatic rings. The predicted octanol–water partition coefficient (Wildman–Crippen LogP) is 3.15. The van der Waals surface area contributed by atoms with Crippen LogP contribution < -0.4 is 0 Å². The number of H-pyrrole nitrogens is 1. The molecule has 1 aliphatic rings. The van der Waals surface area contributed by atoms with Crippen molar-refractivity contribution < 1.29 is 14.3 Å². The fourth-order valence-corrected chi connectivity index (χ4v) is 2.99. The number of amides is 1. The van der Waals surface area contributed by atoms with Crippen molar-refractivity contribution in [1.29, 1.82) is 0 Å². The Morgan fingerprint density at radius 3 is 2.68 bits per heavy atom. The molecule has 1 amide bonds. The Labute approximate surface area is 116 Å². The second-order valence-corrected chi connectivity index (χ2v) is 6.25. The molecule has 0 bridgehead atoms. The van der Waals surface area contributed by atoms with Crippen LogP contribution in [-0.2, 0) is 0 Å². The van der Waals surface area contributed by atoms with Crippen LogP contribution in [0, 0.1) is 4.84 Å². The zero-order chi connectivity index (χ0) is 14.2. The molecule has 7 heteroatoms. The Bertz CT molecular complexity index is 517. The van der Waals surface area contributed by atoms with Crippen LogP contribution in [0.25, 0.3) is 0 Å². The van der Waals surface area contributed by atoms with Gasteiger partial charge in [-0.05, 0) is 45.8 Å². The summed E-state index contributed by atoms with van der Waals surface area (Å²) in [7, 11) is 0. The summed E-state index contributed by atoms with van der Waals surface area (Å²) >= 11 is 4.88. The minimum absolute atomic E-state index is 0.0247. The first-order valence-electron chi connectivity index (χ1n) is 6.38. The summed E-state index contributed by atoms with van der Waals surface area (Å²) in [5.74, 6) is 0.492. The first-order chi connectivity index (χ1) is 8.80. The minimum Gasteiger partial charge on any atom is -0.465 e. The van der Waals surface area contributed by atoms with Crippen molar-refractivity contribution in [2.75, 3.05) is 0 Å². The van der Waals surface area contributed by atoms with Gasteiger partial charge in [-0.25, -0.2) is 9.89 Å². The van der Waals surface area contributed by atoms with E-state index in [9.17, 15) is 9.90 Å². The van der Waals surface area contributed by atoms with Gasteiger partial charge in [0.2, 0.25) is 5.89 Å². The zero-order valence-electron chi connectivity index (χ0n) is 11.3. The van der Waals surface area contributed by atoms with Gasteiger partial charge in [0.25, 0.3) is 4.84 Å². The molecule has 1 saturated carbocycles. The van der Waals surface area contributed by atoms with E-state index < -0.39 is 11.6 Å². The van der Waals surface area contributed by atoms with Gasteiger partial charge in [-0.3, -0.25) is 4.90 Å². The van der Waals surface area contributed by atoms with E-state index in [1.807, 2.05) is 20.8 Å². The van der Waals surface area contributed by atoms with Crippen LogP contribution in [0.15, 0.2) is 4.42 Å². The molecule has 6 nitrogen and oxygen atoms in total. The van der Waals surface area contributed by atoms with Crippen molar-refractivity contribution in [1.82, 2.24) is 15.1 Å². The summed E-state index contributed by atoms with van der Waals surface area (Å²) in [6, 6.07) is -0.112. The second-order valence-electron chi connectivity index (χ2n) is 5.88. The molecule has 0 unspecified atom stereocenters. The van der Waals surface area contributed by atoms with E-state index in [2.05, 4.69) is 10.2 Å². The molecule has 0 aliphatic heterocycles. The van der Waals surface area contributed by atoms with E-state index in [0.29, 0.717) is 5.89 Å². The average molecular weight is 285 g/mol. The highest BCUT2D eigenvalue weighted by molar-refractivity contribution is 7.71. The lowest BCUT2D eigenvalue weighted by Gasteiger charge is -2.39. The fourth-order valence-electron chi connectivity index (χ4n) is 2.86. The Kier molecular flexibility index (Phi) is 3.66. The van der Waals surface area contributed by atoms with Crippen molar-refractivity contribution in [2.45, 2.75) is 57.5 Å². The summed E-state index contributed by atoms with van der Waals surface area (Å²) in [5, 5.41) is 16.1. The number of hydrogen-bond donors (Lipinski definition) is 2. The van der Waals surface area contributed by atoms with Crippen LogP contribution in [-0.4, -0.2) is 37.9 Å². The normalized spacial score (nSPS) is 23.5. The highest BCUT2D eigenvalue weighted by atomic mass is 32.1. The number of hydrogen-bond acceptors (Lipinski definition) is 4.